The fourth-order valence-corrected chi connectivity index (χ4v) is 3.41. The first-order valence-electron chi connectivity index (χ1n) is 8.42. The first-order chi connectivity index (χ1) is 12.2. The van der Waals surface area contributed by atoms with E-state index in [2.05, 4.69) is 4.98 Å². The lowest BCUT2D eigenvalue weighted by atomic mass is 10.1. The van der Waals surface area contributed by atoms with Crippen LogP contribution < -0.4 is 9.64 Å². The lowest BCUT2D eigenvalue weighted by Crippen LogP contribution is -2.42. The Labute approximate surface area is 146 Å². The van der Waals surface area contributed by atoms with Crippen LogP contribution in [0, 0.1) is 5.92 Å². The van der Waals surface area contributed by atoms with Crippen molar-refractivity contribution in [2.45, 2.75) is 13.0 Å². The highest BCUT2D eigenvalue weighted by Gasteiger charge is 2.38. The van der Waals surface area contributed by atoms with E-state index in [0.717, 1.165) is 5.56 Å². The van der Waals surface area contributed by atoms with E-state index in [1.165, 1.54) is 0 Å². The highest BCUT2D eigenvalue weighted by Crippen LogP contribution is 2.32. The molecule has 2 aliphatic rings. The van der Waals surface area contributed by atoms with Gasteiger partial charge in [-0.25, -0.2) is 0 Å². The molecule has 1 fully saturated rings. The Balaban J connectivity index is 1.48. The van der Waals surface area contributed by atoms with Gasteiger partial charge in [0.15, 0.2) is 0 Å². The zero-order chi connectivity index (χ0) is 17.2. The summed E-state index contributed by atoms with van der Waals surface area (Å²) >= 11 is 0. The number of aromatic nitrogens is 1. The molecule has 1 unspecified atom stereocenters. The Morgan fingerprint density at radius 2 is 2.08 bits per heavy atom. The largest absolute Gasteiger partial charge is 0.489 e. The van der Waals surface area contributed by atoms with E-state index in [1.807, 2.05) is 30.3 Å². The third-order valence-electron chi connectivity index (χ3n) is 4.67. The van der Waals surface area contributed by atoms with Crippen molar-refractivity contribution >= 4 is 17.5 Å². The molecule has 3 heterocycles. The van der Waals surface area contributed by atoms with Gasteiger partial charge >= 0.3 is 0 Å². The van der Waals surface area contributed by atoms with Gasteiger partial charge in [0.05, 0.1) is 18.7 Å². The maximum atomic E-state index is 13.0. The number of anilines is 1. The van der Waals surface area contributed by atoms with Gasteiger partial charge in [-0.2, -0.15) is 0 Å². The molecule has 128 valence electrons. The maximum Gasteiger partial charge on any atom is 0.232 e. The van der Waals surface area contributed by atoms with Crippen molar-refractivity contribution in [3.05, 3.63) is 54.4 Å². The predicted octanol–water partition coefficient (Wildman–Crippen LogP) is 1.86. The van der Waals surface area contributed by atoms with Crippen molar-refractivity contribution in [2.24, 2.45) is 5.92 Å². The monoisotopic (exact) mass is 337 g/mol. The summed E-state index contributed by atoms with van der Waals surface area (Å²) < 4.78 is 5.58. The number of rotatable bonds is 3. The molecule has 0 N–H and O–H groups in total. The van der Waals surface area contributed by atoms with Crippen LogP contribution in [0.3, 0.4) is 0 Å². The van der Waals surface area contributed by atoms with Gasteiger partial charge in [-0.15, -0.1) is 0 Å². The van der Waals surface area contributed by atoms with Crippen molar-refractivity contribution in [3.8, 4) is 5.75 Å². The van der Waals surface area contributed by atoms with Crippen LogP contribution in [0.25, 0.3) is 0 Å². The summed E-state index contributed by atoms with van der Waals surface area (Å²) in [5.74, 6) is 0.353. The molecule has 1 saturated heterocycles. The lowest BCUT2D eigenvalue weighted by molar-refractivity contribution is -0.128. The number of hydrogen-bond acceptors (Lipinski definition) is 4. The Kier molecular flexibility index (Phi) is 4.09. The molecular weight excluding hydrogens is 318 g/mol. The molecule has 2 aromatic rings. The molecule has 2 amide bonds. The summed E-state index contributed by atoms with van der Waals surface area (Å²) in [5, 5.41) is 0. The third-order valence-corrected chi connectivity index (χ3v) is 4.67. The van der Waals surface area contributed by atoms with Gasteiger partial charge in [-0.05, 0) is 5.56 Å². The molecule has 0 spiro atoms. The van der Waals surface area contributed by atoms with E-state index in [9.17, 15) is 9.59 Å². The first-order valence-corrected chi connectivity index (χ1v) is 8.42. The second-order valence-corrected chi connectivity index (χ2v) is 6.34. The number of benzene rings is 1. The number of nitrogens with zero attached hydrogens (tertiary/aromatic N) is 3. The summed E-state index contributed by atoms with van der Waals surface area (Å²) in [6.45, 7) is 1.95. The second-order valence-electron chi connectivity index (χ2n) is 6.34. The SMILES string of the molecule is O=C1CC(C(=O)N2CCOc3ccncc32)CN1Cc1ccccc1. The van der Waals surface area contributed by atoms with Crippen molar-refractivity contribution in [1.29, 1.82) is 0 Å². The molecule has 6 nitrogen and oxygen atoms in total. The van der Waals surface area contributed by atoms with Crippen molar-refractivity contribution < 1.29 is 14.3 Å². The van der Waals surface area contributed by atoms with Gasteiger partial charge in [0.1, 0.15) is 18.0 Å². The van der Waals surface area contributed by atoms with Gasteiger partial charge in [0.25, 0.3) is 0 Å². The van der Waals surface area contributed by atoms with Crippen LogP contribution >= 0.6 is 0 Å². The molecule has 4 rings (SSSR count). The van der Waals surface area contributed by atoms with Crippen LogP contribution in [-0.4, -0.2) is 41.4 Å². The average molecular weight is 337 g/mol. The number of fused-ring (bicyclic) bond motifs is 1. The fraction of sp³-hybridized carbons (Fsp3) is 0.316. The number of carbonyl (C=O) groups is 2. The van der Waals surface area contributed by atoms with Gasteiger partial charge in [-0.1, -0.05) is 30.3 Å². The van der Waals surface area contributed by atoms with Crippen LogP contribution in [0.15, 0.2) is 48.8 Å². The second kappa shape index (κ2) is 6.55. The molecule has 2 aliphatic heterocycles. The summed E-state index contributed by atoms with van der Waals surface area (Å²) in [4.78, 5) is 32.9. The van der Waals surface area contributed by atoms with E-state index in [1.54, 1.807) is 28.3 Å². The van der Waals surface area contributed by atoms with Crippen LogP contribution in [0.1, 0.15) is 12.0 Å². The third kappa shape index (κ3) is 3.07. The maximum absolute atomic E-state index is 13.0. The van der Waals surface area contributed by atoms with Crippen molar-refractivity contribution in [2.75, 3.05) is 24.6 Å². The molecule has 1 aromatic heterocycles. The molecule has 6 heteroatoms. The van der Waals surface area contributed by atoms with Gasteiger partial charge in [-0.3, -0.25) is 14.6 Å². The van der Waals surface area contributed by atoms with E-state index >= 15 is 0 Å². The average Bonchev–Trinajstić information content (AvgIpc) is 3.02. The highest BCUT2D eigenvalue weighted by molar-refractivity contribution is 6.00. The normalized spacial score (nSPS) is 19.5. The number of hydrogen-bond donors (Lipinski definition) is 0. The Hall–Kier alpha value is -2.89. The molecule has 25 heavy (non-hydrogen) atoms. The minimum Gasteiger partial charge on any atom is -0.489 e. The smallest absolute Gasteiger partial charge is 0.232 e. The van der Waals surface area contributed by atoms with E-state index in [4.69, 9.17) is 4.74 Å². The number of ether oxygens (including phenoxy) is 1. The lowest BCUT2D eigenvalue weighted by Gasteiger charge is -2.30. The molecule has 0 bridgehead atoms. The Bertz CT molecular complexity index is 794. The molecule has 0 saturated carbocycles. The van der Waals surface area contributed by atoms with Gasteiger partial charge < -0.3 is 14.5 Å². The first kappa shape index (κ1) is 15.6. The van der Waals surface area contributed by atoms with Crippen molar-refractivity contribution in [1.82, 2.24) is 9.88 Å². The standard InChI is InChI=1S/C19H19N3O3/c23-18-10-15(13-21(18)12-14-4-2-1-3-5-14)19(24)22-8-9-25-17-6-7-20-11-16(17)22/h1-7,11,15H,8-10,12-13H2. The Morgan fingerprint density at radius 1 is 1.24 bits per heavy atom. The summed E-state index contributed by atoms with van der Waals surface area (Å²) in [6, 6.07) is 11.6. The predicted molar refractivity (Wildman–Crippen MR) is 92.1 cm³/mol. The molecule has 0 aliphatic carbocycles. The number of pyridine rings is 1. The minimum atomic E-state index is -0.317. The number of likely N-dealkylation sites (tertiary alicyclic amines) is 1. The summed E-state index contributed by atoms with van der Waals surface area (Å²) in [6.07, 6.45) is 3.55. The Morgan fingerprint density at radius 3 is 2.92 bits per heavy atom. The van der Waals surface area contributed by atoms with Crippen LogP contribution in [0.2, 0.25) is 0 Å². The van der Waals surface area contributed by atoms with E-state index < -0.39 is 0 Å². The summed E-state index contributed by atoms with van der Waals surface area (Å²) in [5.41, 5.74) is 1.76. The van der Waals surface area contributed by atoms with E-state index in [-0.39, 0.29) is 24.2 Å². The zero-order valence-corrected chi connectivity index (χ0v) is 13.8. The van der Waals surface area contributed by atoms with E-state index in [0.29, 0.717) is 37.7 Å². The molecule has 1 aromatic carbocycles. The van der Waals surface area contributed by atoms with Crippen LogP contribution in [-0.2, 0) is 16.1 Å². The minimum absolute atomic E-state index is 0.0264. The molecule has 1 atom stereocenters. The highest BCUT2D eigenvalue weighted by atomic mass is 16.5. The van der Waals surface area contributed by atoms with Crippen LogP contribution in [0.4, 0.5) is 5.69 Å². The molecular formula is C19H19N3O3. The number of amides is 2. The van der Waals surface area contributed by atoms with Crippen molar-refractivity contribution in [3.63, 3.8) is 0 Å². The van der Waals surface area contributed by atoms with Gasteiger partial charge in [0, 0.05) is 31.8 Å². The van der Waals surface area contributed by atoms with Crippen LogP contribution in [0.5, 0.6) is 5.75 Å². The molecule has 0 radical (unpaired) electrons. The topological polar surface area (TPSA) is 62.7 Å². The van der Waals surface area contributed by atoms with Gasteiger partial charge in [0.2, 0.25) is 11.8 Å². The number of carbonyl (C=O) groups excluding carboxylic acids is 2. The zero-order valence-electron chi connectivity index (χ0n) is 13.8. The summed E-state index contributed by atoms with van der Waals surface area (Å²) in [7, 11) is 0. The quantitative estimate of drug-likeness (QED) is 0.858. The fourth-order valence-electron chi connectivity index (χ4n) is 3.41.